The van der Waals surface area contributed by atoms with Gasteiger partial charge in [-0.1, -0.05) is 17.7 Å². The third kappa shape index (κ3) is 3.33. The van der Waals surface area contributed by atoms with Crippen LogP contribution in [0.25, 0.3) is 11.5 Å². The van der Waals surface area contributed by atoms with E-state index in [2.05, 4.69) is 20.5 Å². The van der Waals surface area contributed by atoms with E-state index >= 15 is 0 Å². The highest BCUT2D eigenvalue weighted by atomic mass is 35.5. The molecule has 0 fully saturated rings. The quantitative estimate of drug-likeness (QED) is 0.602. The molecule has 0 spiro atoms. The Morgan fingerprint density at radius 1 is 1.04 bits per heavy atom. The zero-order valence-corrected chi connectivity index (χ0v) is 14.2. The van der Waals surface area contributed by atoms with E-state index in [1.165, 1.54) is 0 Å². The molecular formula is C18H13ClN6O. The van der Waals surface area contributed by atoms with Gasteiger partial charge in [0.15, 0.2) is 11.5 Å². The van der Waals surface area contributed by atoms with Gasteiger partial charge < -0.3 is 5.32 Å². The Hall–Kier alpha value is -3.45. The van der Waals surface area contributed by atoms with Crippen molar-refractivity contribution in [2.75, 3.05) is 5.32 Å². The Morgan fingerprint density at radius 3 is 2.69 bits per heavy atom. The summed E-state index contributed by atoms with van der Waals surface area (Å²) in [5, 5.41) is 11.8. The van der Waals surface area contributed by atoms with Crippen molar-refractivity contribution in [3.8, 4) is 11.5 Å². The first-order valence-electron chi connectivity index (χ1n) is 7.78. The highest BCUT2D eigenvalue weighted by molar-refractivity contribution is 6.30. The number of pyridine rings is 1. The van der Waals surface area contributed by atoms with Crippen LogP contribution in [-0.4, -0.2) is 30.5 Å². The van der Waals surface area contributed by atoms with E-state index in [4.69, 9.17) is 11.6 Å². The molecule has 0 aliphatic heterocycles. The molecule has 8 heteroatoms. The SMILES string of the molecule is O=C(Nc1ccc(-n2cccn2)nc1)c1ccn(-c2cccc(Cl)c2)n1. The zero-order valence-electron chi connectivity index (χ0n) is 13.5. The molecule has 3 aromatic heterocycles. The topological polar surface area (TPSA) is 77.6 Å². The van der Waals surface area contributed by atoms with Gasteiger partial charge >= 0.3 is 0 Å². The Balaban J connectivity index is 1.48. The van der Waals surface area contributed by atoms with Crippen LogP contribution in [0, 0.1) is 0 Å². The van der Waals surface area contributed by atoms with Crippen molar-refractivity contribution >= 4 is 23.2 Å². The lowest BCUT2D eigenvalue weighted by atomic mass is 10.3. The average molecular weight is 365 g/mol. The number of amides is 1. The van der Waals surface area contributed by atoms with Gasteiger partial charge in [0, 0.05) is 23.6 Å². The molecule has 128 valence electrons. The molecule has 0 aliphatic carbocycles. The summed E-state index contributed by atoms with van der Waals surface area (Å²) in [6.07, 6.45) is 6.75. The third-order valence-electron chi connectivity index (χ3n) is 3.64. The summed E-state index contributed by atoms with van der Waals surface area (Å²) < 4.78 is 3.23. The largest absolute Gasteiger partial charge is 0.319 e. The van der Waals surface area contributed by atoms with Crippen molar-refractivity contribution in [3.63, 3.8) is 0 Å². The number of aromatic nitrogens is 5. The predicted molar refractivity (Wildman–Crippen MR) is 97.9 cm³/mol. The lowest BCUT2D eigenvalue weighted by Crippen LogP contribution is -2.13. The summed E-state index contributed by atoms with van der Waals surface area (Å²) in [6, 6.07) is 14.2. The fourth-order valence-corrected chi connectivity index (χ4v) is 2.59. The minimum absolute atomic E-state index is 0.293. The maximum Gasteiger partial charge on any atom is 0.276 e. The second kappa shape index (κ2) is 6.81. The lowest BCUT2D eigenvalue weighted by molar-refractivity contribution is 0.102. The molecule has 26 heavy (non-hydrogen) atoms. The molecule has 7 nitrogen and oxygen atoms in total. The summed E-state index contributed by atoms with van der Waals surface area (Å²) in [7, 11) is 0. The van der Waals surface area contributed by atoms with Gasteiger partial charge in [0.05, 0.1) is 17.6 Å². The van der Waals surface area contributed by atoms with E-state index in [1.54, 1.807) is 64.5 Å². The average Bonchev–Trinajstić information content (AvgIpc) is 3.35. The van der Waals surface area contributed by atoms with Crippen LogP contribution in [0.15, 0.2) is 73.3 Å². The Kier molecular flexibility index (Phi) is 4.20. The Morgan fingerprint density at radius 2 is 1.96 bits per heavy atom. The van der Waals surface area contributed by atoms with Crippen LogP contribution in [0.5, 0.6) is 0 Å². The second-order valence-electron chi connectivity index (χ2n) is 5.44. The number of nitrogens with zero attached hydrogens (tertiary/aromatic N) is 5. The zero-order chi connectivity index (χ0) is 17.9. The van der Waals surface area contributed by atoms with Crippen molar-refractivity contribution in [2.24, 2.45) is 0 Å². The van der Waals surface area contributed by atoms with Gasteiger partial charge in [-0.05, 0) is 42.5 Å². The van der Waals surface area contributed by atoms with E-state index in [-0.39, 0.29) is 5.91 Å². The van der Waals surface area contributed by atoms with E-state index in [0.29, 0.717) is 22.2 Å². The summed E-state index contributed by atoms with van der Waals surface area (Å²) in [6.45, 7) is 0. The molecule has 4 aromatic rings. The smallest absolute Gasteiger partial charge is 0.276 e. The molecular weight excluding hydrogens is 352 g/mol. The number of halogens is 1. The van der Waals surface area contributed by atoms with Crippen LogP contribution in [-0.2, 0) is 0 Å². The van der Waals surface area contributed by atoms with Crippen LogP contribution >= 0.6 is 11.6 Å². The molecule has 0 unspecified atom stereocenters. The van der Waals surface area contributed by atoms with Crippen LogP contribution < -0.4 is 5.32 Å². The van der Waals surface area contributed by atoms with Gasteiger partial charge in [-0.15, -0.1) is 0 Å². The van der Waals surface area contributed by atoms with E-state index in [9.17, 15) is 4.79 Å². The van der Waals surface area contributed by atoms with Gasteiger partial charge in [-0.25, -0.2) is 14.3 Å². The third-order valence-corrected chi connectivity index (χ3v) is 3.87. The molecule has 1 aromatic carbocycles. The minimum atomic E-state index is -0.320. The van der Waals surface area contributed by atoms with Crippen molar-refractivity contribution in [3.05, 3.63) is 84.0 Å². The molecule has 0 bridgehead atoms. The molecule has 0 radical (unpaired) electrons. The second-order valence-corrected chi connectivity index (χ2v) is 5.87. The normalized spacial score (nSPS) is 10.7. The summed E-state index contributed by atoms with van der Waals surface area (Å²) >= 11 is 5.99. The summed E-state index contributed by atoms with van der Waals surface area (Å²) in [4.78, 5) is 16.7. The Bertz CT molecular complexity index is 1040. The van der Waals surface area contributed by atoms with Crippen molar-refractivity contribution in [1.29, 1.82) is 0 Å². The molecule has 0 aliphatic rings. The van der Waals surface area contributed by atoms with Gasteiger partial charge in [0.1, 0.15) is 0 Å². The number of nitrogens with one attached hydrogen (secondary N) is 1. The maximum absolute atomic E-state index is 12.4. The van der Waals surface area contributed by atoms with Crippen molar-refractivity contribution in [1.82, 2.24) is 24.5 Å². The van der Waals surface area contributed by atoms with Gasteiger partial charge in [-0.3, -0.25) is 4.79 Å². The van der Waals surface area contributed by atoms with Gasteiger partial charge in [0.25, 0.3) is 5.91 Å². The number of benzene rings is 1. The standard InChI is InChI=1S/C18H13ClN6O/c19-13-3-1-4-15(11-13)24-10-7-16(23-24)18(26)22-14-5-6-17(20-12-14)25-9-2-8-21-25/h1-12H,(H,22,26). The monoisotopic (exact) mass is 364 g/mol. The lowest BCUT2D eigenvalue weighted by Gasteiger charge is -2.05. The summed E-state index contributed by atoms with van der Waals surface area (Å²) in [5.41, 5.74) is 1.64. The molecule has 0 saturated carbocycles. The number of anilines is 1. The van der Waals surface area contributed by atoms with Gasteiger partial charge in [-0.2, -0.15) is 10.2 Å². The van der Waals surface area contributed by atoms with Crippen molar-refractivity contribution in [2.45, 2.75) is 0 Å². The predicted octanol–water partition coefficient (Wildman–Crippen LogP) is 3.36. The Labute approximate surface area is 153 Å². The minimum Gasteiger partial charge on any atom is -0.319 e. The first-order valence-corrected chi connectivity index (χ1v) is 8.16. The first kappa shape index (κ1) is 16.0. The summed E-state index contributed by atoms with van der Waals surface area (Å²) in [5.74, 6) is 0.345. The van der Waals surface area contributed by atoms with E-state index in [0.717, 1.165) is 5.69 Å². The molecule has 0 atom stereocenters. The number of carbonyl (C=O) groups excluding carboxylic acids is 1. The highest BCUT2D eigenvalue weighted by Gasteiger charge is 2.11. The molecule has 1 N–H and O–H groups in total. The van der Waals surface area contributed by atoms with E-state index < -0.39 is 0 Å². The highest BCUT2D eigenvalue weighted by Crippen LogP contribution is 2.15. The molecule has 4 rings (SSSR count). The molecule has 3 heterocycles. The number of hydrogen-bond donors (Lipinski definition) is 1. The van der Waals surface area contributed by atoms with Crippen molar-refractivity contribution < 1.29 is 4.79 Å². The first-order chi connectivity index (χ1) is 12.7. The molecule has 0 saturated heterocycles. The van der Waals surface area contributed by atoms with Crippen LogP contribution in [0.2, 0.25) is 5.02 Å². The number of carbonyl (C=O) groups is 1. The van der Waals surface area contributed by atoms with Gasteiger partial charge in [0.2, 0.25) is 0 Å². The number of rotatable bonds is 4. The van der Waals surface area contributed by atoms with Crippen LogP contribution in [0.3, 0.4) is 0 Å². The number of hydrogen-bond acceptors (Lipinski definition) is 4. The fourth-order valence-electron chi connectivity index (χ4n) is 2.40. The van der Waals surface area contributed by atoms with Crippen LogP contribution in [0.1, 0.15) is 10.5 Å². The molecule has 1 amide bonds. The maximum atomic E-state index is 12.4. The fraction of sp³-hybridized carbons (Fsp3) is 0. The van der Waals surface area contributed by atoms with E-state index in [1.807, 2.05) is 18.2 Å². The van der Waals surface area contributed by atoms with Crippen LogP contribution in [0.4, 0.5) is 5.69 Å².